The molecule has 0 saturated carbocycles. The number of rotatable bonds is 4. The first-order valence-corrected chi connectivity index (χ1v) is 7.49. The Morgan fingerprint density at radius 3 is 2.46 bits per heavy atom. The highest BCUT2D eigenvalue weighted by Crippen LogP contribution is 2.18. The molecule has 0 aromatic heterocycles. The molecule has 0 fully saturated rings. The molecule has 2 aromatic rings. The van der Waals surface area contributed by atoms with Crippen LogP contribution in [0.1, 0.15) is 17.3 Å². The van der Waals surface area contributed by atoms with Gasteiger partial charge in [-0.1, -0.05) is 15.9 Å². The summed E-state index contributed by atoms with van der Waals surface area (Å²) in [5.41, 5.74) is -0.743. The Morgan fingerprint density at radius 2 is 1.79 bits per heavy atom. The molecule has 0 bridgehead atoms. The van der Waals surface area contributed by atoms with Crippen molar-refractivity contribution in [2.45, 2.75) is 13.0 Å². The minimum Gasteiger partial charge on any atom is -0.449 e. The number of carbonyl (C=O) groups excluding carboxylic acids is 2. The maximum absolute atomic E-state index is 13.7. The van der Waals surface area contributed by atoms with Gasteiger partial charge in [0.05, 0.1) is 11.3 Å². The van der Waals surface area contributed by atoms with E-state index >= 15 is 0 Å². The number of hydrogen-bond acceptors (Lipinski definition) is 3. The lowest BCUT2D eigenvalue weighted by molar-refractivity contribution is -0.123. The van der Waals surface area contributed by atoms with Crippen LogP contribution in [0.5, 0.6) is 0 Å². The topological polar surface area (TPSA) is 55.4 Å². The molecular formula is C16H11BrF3NO3. The van der Waals surface area contributed by atoms with Crippen LogP contribution >= 0.6 is 15.9 Å². The molecular weight excluding hydrogens is 391 g/mol. The molecule has 1 atom stereocenters. The van der Waals surface area contributed by atoms with E-state index in [-0.39, 0.29) is 5.56 Å². The van der Waals surface area contributed by atoms with Crippen molar-refractivity contribution < 1.29 is 27.5 Å². The van der Waals surface area contributed by atoms with Crippen LogP contribution in [0.25, 0.3) is 0 Å². The average Bonchev–Trinajstić information content (AvgIpc) is 2.50. The molecule has 0 spiro atoms. The standard InChI is InChI=1S/C16H11BrF3NO3/c1-8(15(22)21-14-7-10(18)3-5-12(14)19)24-16(23)11-4-2-9(17)6-13(11)20/h2-8H,1H3,(H,21,22)/t8-/m0/s1. The zero-order valence-electron chi connectivity index (χ0n) is 12.3. The molecule has 1 N–H and O–H groups in total. The summed E-state index contributed by atoms with van der Waals surface area (Å²) in [5.74, 6) is -4.35. The number of hydrogen-bond donors (Lipinski definition) is 1. The highest BCUT2D eigenvalue weighted by molar-refractivity contribution is 9.10. The van der Waals surface area contributed by atoms with E-state index in [2.05, 4.69) is 21.2 Å². The summed E-state index contributed by atoms with van der Waals surface area (Å²) in [6.07, 6.45) is -1.34. The summed E-state index contributed by atoms with van der Waals surface area (Å²) in [4.78, 5) is 23.8. The Balaban J connectivity index is 2.05. The highest BCUT2D eigenvalue weighted by Gasteiger charge is 2.22. The van der Waals surface area contributed by atoms with Gasteiger partial charge in [0.15, 0.2) is 6.10 Å². The van der Waals surface area contributed by atoms with Crippen LogP contribution in [0.3, 0.4) is 0 Å². The second kappa shape index (κ2) is 7.48. The van der Waals surface area contributed by atoms with Crippen LogP contribution in [0.15, 0.2) is 40.9 Å². The van der Waals surface area contributed by atoms with Crippen molar-refractivity contribution in [3.8, 4) is 0 Å². The third-order valence-electron chi connectivity index (χ3n) is 2.99. The number of anilines is 1. The third kappa shape index (κ3) is 4.35. The summed E-state index contributed by atoms with van der Waals surface area (Å²) in [5, 5.41) is 2.10. The second-order valence-electron chi connectivity index (χ2n) is 4.79. The number of nitrogens with one attached hydrogen (secondary N) is 1. The van der Waals surface area contributed by atoms with Crippen molar-refractivity contribution >= 4 is 33.5 Å². The van der Waals surface area contributed by atoms with Crippen molar-refractivity contribution in [3.05, 3.63) is 63.9 Å². The monoisotopic (exact) mass is 401 g/mol. The fourth-order valence-corrected chi connectivity index (χ4v) is 2.09. The molecule has 0 aliphatic carbocycles. The highest BCUT2D eigenvalue weighted by atomic mass is 79.9. The van der Waals surface area contributed by atoms with Gasteiger partial charge in [0.1, 0.15) is 17.5 Å². The van der Waals surface area contributed by atoms with Crippen molar-refractivity contribution in [2.24, 2.45) is 0 Å². The SMILES string of the molecule is C[C@H](OC(=O)c1ccc(Br)cc1F)C(=O)Nc1cc(F)ccc1F. The van der Waals surface area contributed by atoms with Gasteiger partial charge in [-0.15, -0.1) is 0 Å². The molecule has 4 nitrogen and oxygen atoms in total. The lowest BCUT2D eigenvalue weighted by Crippen LogP contribution is -2.30. The number of benzene rings is 2. The summed E-state index contributed by atoms with van der Waals surface area (Å²) < 4.78 is 45.5. The molecule has 0 aliphatic heterocycles. The van der Waals surface area contributed by atoms with Crippen molar-refractivity contribution in [3.63, 3.8) is 0 Å². The lowest BCUT2D eigenvalue weighted by Gasteiger charge is -2.14. The van der Waals surface area contributed by atoms with E-state index in [4.69, 9.17) is 4.74 Å². The summed E-state index contributed by atoms with van der Waals surface area (Å²) in [6.45, 7) is 1.22. The van der Waals surface area contributed by atoms with Gasteiger partial charge in [-0.25, -0.2) is 18.0 Å². The van der Waals surface area contributed by atoms with Gasteiger partial charge in [0.25, 0.3) is 5.91 Å². The second-order valence-corrected chi connectivity index (χ2v) is 5.70. The van der Waals surface area contributed by atoms with E-state index in [1.54, 1.807) is 0 Å². The first-order valence-electron chi connectivity index (χ1n) is 6.70. The van der Waals surface area contributed by atoms with Gasteiger partial charge in [-0.05, 0) is 37.3 Å². The number of halogens is 4. The van der Waals surface area contributed by atoms with Crippen molar-refractivity contribution in [1.82, 2.24) is 0 Å². The van der Waals surface area contributed by atoms with Gasteiger partial charge in [-0.3, -0.25) is 4.79 Å². The maximum atomic E-state index is 13.7. The Morgan fingerprint density at radius 1 is 1.08 bits per heavy atom. The normalized spacial score (nSPS) is 11.7. The van der Waals surface area contributed by atoms with Crippen LogP contribution in [-0.2, 0) is 9.53 Å². The number of amides is 1. The Labute approximate surface area is 143 Å². The molecule has 0 heterocycles. The molecule has 0 radical (unpaired) electrons. The molecule has 0 aliphatic rings. The van der Waals surface area contributed by atoms with Gasteiger partial charge < -0.3 is 10.1 Å². The van der Waals surface area contributed by atoms with E-state index in [1.807, 2.05) is 0 Å². The first-order chi connectivity index (χ1) is 11.3. The Hall–Kier alpha value is -2.35. The Bertz CT molecular complexity index is 798. The average molecular weight is 402 g/mol. The van der Waals surface area contributed by atoms with Gasteiger partial charge in [0.2, 0.25) is 0 Å². The number of carbonyl (C=O) groups is 2. The zero-order valence-corrected chi connectivity index (χ0v) is 13.9. The predicted molar refractivity (Wildman–Crippen MR) is 84.0 cm³/mol. The zero-order chi connectivity index (χ0) is 17.9. The van der Waals surface area contributed by atoms with Gasteiger partial charge in [-0.2, -0.15) is 0 Å². The fourth-order valence-electron chi connectivity index (χ4n) is 1.76. The molecule has 0 saturated heterocycles. The third-order valence-corrected chi connectivity index (χ3v) is 3.48. The number of ether oxygens (including phenoxy) is 1. The van der Waals surface area contributed by atoms with Crippen LogP contribution in [0.4, 0.5) is 18.9 Å². The van der Waals surface area contributed by atoms with E-state index in [1.165, 1.54) is 19.1 Å². The fraction of sp³-hybridized carbons (Fsp3) is 0.125. The smallest absolute Gasteiger partial charge is 0.341 e. The van der Waals surface area contributed by atoms with Crippen LogP contribution in [0, 0.1) is 17.5 Å². The molecule has 126 valence electrons. The summed E-state index contributed by atoms with van der Waals surface area (Å²) >= 11 is 3.05. The first kappa shape index (κ1) is 18.0. The van der Waals surface area contributed by atoms with E-state index in [0.717, 1.165) is 24.3 Å². The minimum absolute atomic E-state index is 0.352. The quantitative estimate of drug-likeness (QED) is 0.786. The van der Waals surface area contributed by atoms with Crippen LogP contribution in [0.2, 0.25) is 0 Å². The largest absolute Gasteiger partial charge is 0.449 e. The van der Waals surface area contributed by atoms with Crippen LogP contribution < -0.4 is 5.32 Å². The van der Waals surface area contributed by atoms with E-state index < -0.39 is 41.1 Å². The molecule has 1 amide bonds. The molecule has 24 heavy (non-hydrogen) atoms. The van der Waals surface area contributed by atoms with Crippen LogP contribution in [-0.4, -0.2) is 18.0 Å². The van der Waals surface area contributed by atoms with Crippen molar-refractivity contribution in [1.29, 1.82) is 0 Å². The van der Waals surface area contributed by atoms with E-state index in [0.29, 0.717) is 4.47 Å². The van der Waals surface area contributed by atoms with E-state index in [9.17, 15) is 22.8 Å². The molecule has 2 rings (SSSR count). The number of esters is 1. The van der Waals surface area contributed by atoms with Gasteiger partial charge >= 0.3 is 5.97 Å². The predicted octanol–water partition coefficient (Wildman–Crippen LogP) is 4.05. The van der Waals surface area contributed by atoms with Crippen molar-refractivity contribution in [2.75, 3.05) is 5.32 Å². The summed E-state index contributed by atoms with van der Waals surface area (Å²) in [7, 11) is 0. The maximum Gasteiger partial charge on any atom is 0.341 e. The minimum atomic E-state index is -1.34. The molecule has 2 aromatic carbocycles. The van der Waals surface area contributed by atoms with Gasteiger partial charge in [0, 0.05) is 10.5 Å². The summed E-state index contributed by atoms with van der Waals surface area (Å²) in [6, 6.07) is 6.23. The Kier molecular flexibility index (Phi) is 5.61. The molecule has 0 unspecified atom stereocenters. The lowest BCUT2D eigenvalue weighted by atomic mass is 10.2. The molecule has 8 heteroatoms.